The first-order valence-electron chi connectivity index (χ1n) is 10.1. The summed E-state index contributed by atoms with van der Waals surface area (Å²) in [5, 5.41) is 12.5. The molecule has 4 rings (SSSR count). The second kappa shape index (κ2) is 8.35. The second-order valence-corrected chi connectivity index (χ2v) is 7.90. The van der Waals surface area contributed by atoms with Crippen molar-refractivity contribution in [2.45, 2.75) is 25.4 Å². The molecule has 34 heavy (non-hydrogen) atoms. The molecule has 0 aliphatic rings. The van der Waals surface area contributed by atoms with Crippen molar-refractivity contribution in [2.75, 3.05) is 6.54 Å². The number of aryl methyl sites for hydroxylation is 1. The van der Waals surface area contributed by atoms with Gasteiger partial charge in [-0.1, -0.05) is 11.6 Å². The van der Waals surface area contributed by atoms with E-state index in [1.807, 2.05) is 25.1 Å². The van der Waals surface area contributed by atoms with Gasteiger partial charge in [0.15, 0.2) is 6.10 Å². The molecule has 4 aromatic rings. The number of nitrogens with zero attached hydrogens (tertiary/aromatic N) is 1. The van der Waals surface area contributed by atoms with Gasteiger partial charge in [-0.05, 0) is 61.5 Å². The molecule has 0 bridgehead atoms. The highest BCUT2D eigenvalue weighted by molar-refractivity contribution is 6.11. The van der Waals surface area contributed by atoms with Gasteiger partial charge in [0.05, 0.1) is 23.1 Å². The molecule has 0 aliphatic carbocycles. The Labute approximate surface area is 189 Å². The molecule has 2 N–H and O–H groups in total. The summed E-state index contributed by atoms with van der Waals surface area (Å²) in [7, 11) is 0. The number of aliphatic hydroxyl groups is 1. The van der Waals surface area contributed by atoms with Gasteiger partial charge in [0.25, 0.3) is 5.91 Å². The third-order valence-corrected chi connectivity index (χ3v) is 5.47. The number of hydrogen-bond donors (Lipinski definition) is 2. The maximum Gasteiger partial charge on any atom is 0.416 e. The number of rotatable bonds is 4. The summed E-state index contributed by atoms with van der Waals surface area (Å²) < 4.78 is 78.2. The normalized spacial score (nSPS) is 13.4. The molecule has 1 atom stereocenters. The molecule has 0 aliphatic heterocycles. The highest BCUT2D eigenvalue weighted by Gasteiger charge is 2.38. The van der Waals surface area contributed by atoms with Crippen LogP contribution >= 0.6 is 0 Å². The van der Waals surface area contributed by atoms with Crippen molar-refractivity contribution in [3.8, 4) is 5.69 Å². The maximum atomic E-state index is 13.0. The van der Waals surface area contributed by atoms with E-state index in [1.54, 1.807) is 10.6 Å². The number of amides is 1. The zero-order chi connectivity index (χ0) is 24.8. The van der Waals surface area contributed by atoms with Gasteiger partial charge in [-0.3, -0.25) is 4.79 Å². The fraction of sp³-hybridized carbons (Fsp3) is 0.208. The van der Waals surface area contributed by atoms with Gasteiger partial charge in [-0.2, -0.15) is 26.3 Å². The lowest BCUT2D eigenvalue weighted by Crippen LogP contribution is -2.40. The van der Waals surface area contributed by atoms with Crippen molar-refractivity contribution < 1.29 is 36.2 Å². The minimum atomic E-state index is -4.86. The van der Waals surface area contributed by atoms with E-state index in [0.29, 0.717) is 22.1 Å². The van der Waals surface area contributed by atoms with Gasteiger partial charge in [0, 0.05) is 22.0 Å². The number of nitrogens with one attached hydrogen (secondary N) is 1. The lowest BCUT2D eigenvalue weighted by Gasteiger charge is -2.15. The molecule has 1 aromatic heterocycles. The average Bonchev–Trinajstić information content (AvgIpc) is 3.08. The molecule has 0 saturated heterocycles. The Kier molecular flexibility index (Phi) is 5.80. The average molecular weight is 480 g/mol. The largest absolute Gasteiger partial charge is 0.416 e. The molecule has 10 heteroatoms. The molecule has 3 aromatic carbocycles. The van der Waals surface area contributed by atoms with Gasteiger partial charge < -0.3 is 15.0 Å². The number of aliphatic hydroxyl groups excluding tert-OH is 1. The molecule has 0 saturated carbocycles. The molecule has 178 valence electrons. The first-order valence-corrected chi connectivity index (χ1v) is 10.1. The summed E-state index contributed by atoms with van der Waals surface area (Å²) in [4.78, 5) is 12.4. The van der Waals surface area contributed by atoms with E-state index in [9.17, 15) is 31.1 Å². The Hall–Kier alpha value is -3.53. The lowest BCUT2D eigenvalue weighted by atomic mass is 10.1. The van der Waals surface area contributed by atoms with Crippen LogP contribution in [0.3, 0.4) is 0 Å². The first kappa shape index (κ1) is 23.6. The van der Waals surface area contributed by atoms with Crippen LogP contribution in [0.4, 0.5) is 26.3 Å². The Bertz CT molecular complexity index is 1370. The molecule has 0 fully saturated rings. The highest BCUT2D eigenvalue weighted by atomic mass is 19.4. The summed E-state index contributed by atoms with van der Waals surface area (Å²) in [5.74, 6) is -0.798. The van der Waals surface area contributed by atoms with Crippen LogP contribution in [-0.4, -0.2) is 34.4 Å². The molecule has 1 unspecified atom stereocenters. The van der Waals surface area contributed by atoms with Gasteiger partial charge in [0.2, 0.25) is 0 Å². The number of fused-ring (bicyclic) bond motifs is 3. The van der Waals surface area contributed by atoms with E-state index >= 15 is 0 Å². The zero-order valence-electron chi connectivity index (χ0n) is 17.6. The van der Waals surface area contributed by atoms with E-state index in [2.05, 4.69) is 5.32 Å². The quantitative estimate of drug-likeness (QED) is 0.365. The zero-order valence-corrected chi connectivity index (χ0v) is 17.6. The Morgan fingerprint density at radius 2 is 1.50 bits per heavy atom. The second-order valence-electron chi connectivity index (χ2n) is 7.90. The summed E-state index contributed by atoms with van der Waals surface area (Å²) in [5.41, 5.74) is 1.96. The Morgan fingerprint density at radius 3 is 2.09 bits per heavy atom. The fourth-order valence-corrected chi connectivity index (χ4v) is 3.76. The van der Waals surface area contributed by atoms with Crippen molar-refractivity contribution in [2.24, 2.45) is 0 Å². The molecule has 0 spiro atoms. The van der Waals surface area contributed by atoms with Crippen LogP contribution in [0.25, 0.3) is 27.5 Å². The van der Waals surface area contributed by atoms with Crippen LogP contribution in [0.5, 0.6) is 0 Å². The first-order chi connectivity index (χ1) is 15.9. The van der Waals surface area contributed by atoms with Crippen LogP contribution in [0.15, 0.2) is 60.7 Å². The predicted octanol–water partition coefficient (Wildman–Crippen LogP) is 5.76. The number of benzene rings is 3. The summed E-state index contributed by atoms with van der Waals surface area (Å²) in [6, 6.07) is 14.7. The van der Waals surface area contributed by atoms with E-state index in [0.717, 1.165) is 23.1 Å². The van der Waals surface area contributed by atoms with E-state index in [4.69, 9.17) is 5.11 Å². The van der Waals surface area contributed by atoms with E-state index < -0.39 is 36.5 Å². The number of aromatic nitrogens is 1. The minimum Gasteiger partial charge on any atom is -0.382 e. The summed E-state index contributed by atoms with van der Waals surface area (Å²) in [6.07, 6.45) is -12.0. The van der Waals surface area contributed by atoms with Crippen molar-refractivity contribution in [1.29, 1.82) is 0 Å². The monoisotopic (exact) mass is 480 g/mol. The third kappa shape index (κ3) is 4.45. The van der Waals surface area contributed by atoms with Gasteiger partial charge in [-0.25, -0.2) is 0 Å². The molecular weight excluding hydrogens is 462 g/mol. The number of alkyl halides is 6. The Morgan fingerprint density at radius 1 is 0.912 bits per heavy atom. The van der Waals surface area contributed by atoms with Crippen molar-refractivity contribution in [1.82, 2.24) is 9.88 Å². The number of carbonyl (C=O) groups excluding carboxylic acids is 1. The van der Waals surface area contributed by atoms with Crippen LogP contribution in [-0.2, 0) is 6.18 Å². The molecule has 1 amide bonds. The molecule has 0 radical (unpaired) electrons. The standard InChI is InChI=1S/C24H18F6N2O2/c1-13-2-8-19-17(10-13)18-11-14(22(34)31-12-21(33)24(28,29)30)3-9-20(18)32(19)16-6-4-15(5-7-16)23(25,26)27/h2-11,21,33H,12H2,1H3,(H,31,34). The van der Waals surface area contributed by atoms with Gasteiger partial charge in [-0.15, -0.1) is 0 Å². The Balaban J connectivity index is 1.78. The minimum absolute atomic E-state index is 0.0786. The van der Waals surface area contributed by atoms with Crippen LogP contribution in [0.1, 0.15) is 21.5 Å². The molecule has 4 nitrogen and oxygen atoms in total. The molecule has 1 heterocycles. The third-order valence-electron chi connectivity index (χ3n) is 5.47. The SMILES string of the molecule is Cc1ccc2c(c1)c1cc(C(=O)NCC(O)C(F)(F)F)ccc1n2-c1ccc(C(F)(F)F)cc1. The van der Waals surface area contributed by atoms with Gasteiger partial charge in [0.1, 0.15) is 0 Å². The number of halogens is 6. The van der Waals surface area contributed by atoms with Crippen molar-refractivity contribution >= 4 is 27.7 Å². The number of carbonyl (C=O) groups is 1. The van der Waals surface area contributed by atoms with E-state index in [1.165, 1.54) is 24.3 Å². The fourth-order valence-electron chi connectivity index (χ4n) is 3.76. The lowest BCUT2D eigenvalue weighted by molar-refractivity contribution is -0.201. The highest BCUT2D eigenvalue weighted by Crippen LogP contribution is 2.35. The topological polar surface area (TPSA) is 54.3 Å². The van der Waals surface area contributed by atoms with Crippen LogP contribution < -0.4 is 5.32 Å². The number of hydrogen-bond acceptors (Lipinski definition) is 2. The van der Waals surface area contributed by atoms with Crippen molar-refractivity contribution in [3.63, 3.8) is 0 Å². The van der Waals surface area contributed by atoms with Crippen molar-refractivity contribution in [3.05, 3.63) is 77.4 Å². The molecular formula is C24H18F6N2O2. The van der Waals surface area contributed by atoms with Gasteiger partial charge >= 0.3 is 12.4 Å². The predicted molar refractivity (Wildman–Crippen MR) is 115 cm³/mol. The van der Waals surface area contributed by atoms with Crippen LogP contribution in [0, 0.1) is 6.92 Å². The smallest absolute Gasteiger partial charge is 0.382 e. The van der Waals surface area contributed by atoms with Crippen LogP contribution in [0.2, 0.25) is 0 Å². The maximum absolute atomic E-state index is 13.0. The summed E-state index contributed by atoms with van der Waals surface area (Å²) in [6.45, 7) is 0.864. The summed E-state index contributed by atoms with van der Waals surface area (Å²) >= 11 is 0. The van der Waals surface area contributed by atoms with E-state index in [-0.39, 0.29) is 5.56 Å².